The van der Waals surface area contributed by atoms with Gasteiger partial charge in [-0.25, -0.2) is 0 Å². The van der Waals surface area contributed by atoms with Crippen LogP contribution in [-0.2, 0) is 6.42 Å². The SMILES string of the molecule is N=C(CCCCc1ccccc1)c1c(O)ccc2ccccc12. The molecule has 0 amide bonds. The van der Waals surface area contributed by atoms with Gasteiger partial charge in [0.15, 0.2) is 0 Å². The molecule has 0 heterocycles. The summed E-state index contributed by atoms with van der Waals surface area (Å²) in [4.78, 5) is 0. The fourth-order valence-corrected chi connectivity index (χ4v) is 2.98. The molecule has 0 spiro atoms. The zero-order valence-electron chi connectivity index (χ0n) is 13.1. The molecule has 0 aliphatic carbocycles. The summed E-state index contributed by atoms with van der Waals surface area (Å²) in [6, 6.07) is 21.9. The van der Waals surface area contributed by atoms with Gasteiger partial charge in [-0.2, -0.15) is 0 Å². The Labute approximate surface area is 136 Å². The lowest BCUT2D eigenvalue weighted by Crippen LogP contribution is -2.01. The Morgan fingerprint density at radius 1 is 0.826 bits per heavy atom. The van der Waals surface area contributed by atoms with Crippen LogP contribution in [0.15, 0.2) is 66.7 Å². The van der Waals surface area contributed by atoms with Gasteiger partial charge < -0.3 is 10.5 Å². The summed E-state index contributed by atoms with van der Waals surface area (Å²) in [6.45, 7) is 0. The van der Waals surface area contributed by atoms with E-state index in [0.29, 0.717) is 17.7 Å². The Morgan fingerprint density at radius 2 is 1.57 bits per heavy atom. The van der Waals surface area contributed by atoms with Crippen LogP contribution in [0.4, 0.5) is 0 Å². The van der Waals surface area contributed by atoms with E-state index in [1.54, 1.807) is 6.07 Å². The fourth-order valence-electron chi connectivity index (χ4n) is 2.98. The Balaban J connectivity index is 1.66. The minimum absolute atomic E-state index is 0.205. The van der Waals surface area contributed by atoms with Crippen molar-refractivity contribution in [2.24, 2.45) is 0 Å². The molecule has 23 heavy (non-hydrogen) atoms. The van der Waals surface area contributed by atoms with Gasteiger partial charge in [-0.1, -0.05) is 60.7 Å². The highest BCUT2D eigenvalue weighted by atomic mass is 16.3. The molecule has 0 atom stereocenters. The summed E-state index contributed by atoms with van der Waals surface area (Å²) >= 11 is 0. The molecule has 2 nitrogen and oxygen atoms in total. The van der Waals surface area contributed by atoms with Gasteiger partial charge in [0.2, 0.25) is 0 Å². The first-order chi connectivity index (χ1) is 11.3. The van der Waals surface area contributed by atoms with Crippen LogP contribution in [0.1, 0.15) is 30.4 Å². The summed E-state index contributed by atoms with van der Waals surface area (Å²) in [6.07, 6.45) is 3.73. The van der Waals surface area contributed by atoms with E-state index in [-0.39, 0.29) is 5.75 Å². The topological polar surface area (TPSA) is 44.1 Å². The largest absolute Gasteiger partial charge is 0.507 e. The van der Waals surface area contributed by atoms with Crippen LogP contribution in [0.2, 0.25) is 0 Å². The maximum atomic E-state index is 10.2. The smallest absolute Gasteiger partial charge is 0.125 e. The van der Waals surface area contributed by atoms with Crippen LogP contribution in [0.5, 0.6) is 5.75 Å². The molecule has 0 aliphatic heterocycles. The zero-order chi connectivity index (χ0) is 16.1. The van der Waals surface area contributed by atoms with E-state index in [1.165, 1.54) is 5.56 Å². The Bertz CT molecular complexity index is 808. The molecule has 0 aromatic heterocycles. The van der Waals surface area contributed by atoms with Crippen LogP contribution in [0.3, 0.4) is 0 Å². The van der Waals surface area contributed by atoms with Crippen molar-refractivity contribution >= 4 is 16.5 Å². The van der Waals surface area contributed by atoms with E-state index >= 15 is 0 Å². The molecular formula is C21H21NO. The van der Waals surface area contributed by atoms with Crippen molar-refractivity contribution in [2.45, 2.75) is 25.7 Å². The van der Waals surface area contributed by atoms with E-state index in [4.69, 9.17) is 5.41 Å². The lowest BCUT2D eigenvalue weighted by atomic mass is 9.96. The van der Waals surface area contributed by atoms with E-state index < -0.39 is 0 Å². The highest BCUT2D eigenvalue weighted by molar-refractivity contribution is 6.11. The van der Waals surface area contributed by atoms with Gasteiger partial charge in [-0.15, -0.1) is 0 Å². The van der Waals surface area contributed by atoms with Crippen molar-refractivity contribution in [1.82, 2.24) is 0 Å². The number of hydrogen-bond donors (Lipinski definition) is 2. The van der Waals surface area contributed by atoms with Gasteiger partial charge in [-0.3, -0.25) is 0 Å². The summed E-state index contributed by atoms with van der Waals surface area (Å²) in [5, 5.41) is 20.6. The van der Waals surface area contributed by atoms with Gasteiger partial charge in [0.25, 0.3) is 0 Å². The number of fused-ring (bicyclic) bond motifs is 1. The van der Waals surface area contributed by atoms with Crippen molar-refractivity contribution in [2.75, 3.05) is 0 Å². The van der Waals surface area contributed by atoms with Gasteiger partial charge >= 0.3 is 0 Å². The molecule has 116 valence electrons. The van der Waals surface area contributed by atoms with Gasteiger partial charge in [-0.05, 0) is 48.1 Å². The quantitative estimate of drug-likeness (QED) is 0.469. The molecule has 0 saturated heterocycles. The number of rotatable bonds is 6. The predicted octanol–water partition coefficient (Wildman–Crippen LogP) is 5.33. The van der Waals surface area contributed by atoms with E-state index in [1.807, 2.05) is 36.4 Å². The number of hydrogen-bond acceptors (Lipinski definition) is 2. The average molecular weight is 303 g/mol. The van der Waals surface area contributed by atoms with Crippen molar-refractivity contribution in [3.63, 3.8) is 0 Å². The van der Waals surface area contributed by atoms with Gasteiger partial charge in [0.1, 0.15) is 5.75 Å². The molecule has 3 rings (SSSR count). The number of phenolic OH excluding ortho intramolecular Hbond substituents is 1. The molecular weight excluding hydrogens is 282 g/mol. The summed E-state index contributed by atoms with van der Waals surface area (Å²) in [7, 11) is 0. The second-order valence-corrected chi connectivity index (χ2v) is 5.85. The van der Waals surface area contributed by atoms with Crippen LogP contribution in [0, 0.1) is 5.41 Å². The zero-order valence-corrected chi connectivity index (χ0v) is 13.1. The van der Waals surface area contributed by atoms with Crippen molar-refractivity contribution < 1.29 is 5.11 Å². The lowest BCUT2D eigenvalue weighted by molar-refractivity contribution is 0.475. The second kappa shape index (κ2) is 7.10. The molecule has 0 aliphatic rings. The molecule has 0 radical (unpaired) electrons. The molecule has 0 fully saturated rings. The Kier molecular flexibility index (Phi) is 4.72. The van der Waals surface area contributed by atoms with E-state index in [9.17, 15) is 5.11 Å². The van der Waals surface area contributed by atoms with Crippen molar-refractivity contribution in [3.05, 3.63) is 77.9 Å². The third-order valence-electron chi connectivity index (χ3n) is 4.19. The molecule has 0 bridgehead atoms. The number of phenols is 1. The standard InChI is InChI=1S/C21H21NO/c22-19(13-7-4-10-16-8-2-1-3-9-16)21-18-12-6-5-11-17(18)14-15-20(21)23/h1-3,5-6,8-9,11-12,14-15,22-23H,4,7,10,13H2. The summed E-state index contributed by atoms with van der Waals surface area (Å²) in [5.41, 5.74) is 2.54. The fraction of sp³-hybridized carbons (Fsp3) is 0.190. The second-order valence-electron chi connectivity index (χ2n) is 5.85. The maximum absolute atomic E-state index is 10.2. The molecule has 3 aromatic carbocycles. The number of aromatic hydroxyl groups is 1. The minimum Gasteiger partial charge on any atom is -0.507 e. The normalized spacial score (nSPS) is 10.8. The molecule has 0 unspecified atom stereocenters. The highest BCUT2D eigenvalue weighted by Crippen LogP contribution is 2.28. The summed E-state index contributed by atoms with van der Waals surface area (Å²) in [5.74, 6) is 0.205. The first-order valence-corrected chi connectivity index (χ1v) is 8.08. The molecule has 3 aromatic rings. The van der Waals surface area contributed by atoms with Gasteiger partial charge in [0, 0.05) is 11.3 Å². The monoisotopic (exact) mass is 303 g/mol. The summed E-state index contributed by atoms with van der Waals surface area (Å²) < 4.78 is 0. The first kappa shape index (κ1) is 15.3. The highest BCUT2D eigenvalue weighted by Gasteiger charge is 2.11. The number of unbranched alkanes of at least 4 members (excludes halogenated alkanes) is 1. The number of aryl methyl sites for hydroxylation is 1. The minimum atomic E-state index is 0.205. The van der Waals surface area contributed by atoms with Crippen LogP contribution in [0.25, 0.3) is 10.8 Å². The van der Waals surface area contributed by atoms with E-state index in [0.717, 1.165) is 30.0 Å². The number of nitrogens with one attached hydrogen (secondary N) is 1. The third-order valence-corrected chi connectivity index (χ3v) is 4.19. The lowest BCUT2D eigenvalue weighted by Gasteiger charge is -2.10. The van der Waals surface area contributed by atoms with Crippen LogP contribution < -0.4 is 0 Å². The van der Waals surface area contributed by atoms with Crippen LogP contribution in [-0.4, -0.2) is 10.8 Å². The van der Waals surface area contributed by atoms with Gasteiger partial charge in [0.05, 0.1) is 0 Å². The predicted molar refractivity (Wildman–Crippen MR) is 96.4 cm³/mol. The number of benzene rings is 3. The Hall–Kier alpha value is -2.61. The Morgan fingerprint density at radius 3 is 2.39 bits per heavy atom. The first-order valence-electron chi connectivity index (χ1n) is 8.08. The molecule has 2 N–H and O–H groups in total. The third kappa shape index (κ3) is 3.59. The van der Waals surface area contributed by atoms with Crippen molar-refractivity contribution in [3.8, 4) is 5.75 Å². The van der Waals surface area contributed by atoms with Crippen LogP contribution >= 0.6 is 0 Å². The molecule has 2 heteroatoms. The molecule has 0 saturated carbocycles. The maximum Gasteiger partial charge on any atom is 0.125 e. The van der Waals surface area contributed by atoms with E-state index in [2.05, 4.69) is 24.3 Å². The average Bonchev–Trinajstić information content (AvgIpc) is 2.59. The van der Waals surface area contributed by atoms with Crippen molar-refractivity contribution in [1.29, 1.82) is 5.41 Å².